The number of nitrogens with zero attached hydrogens (tertiary/aromatic N) is 1. The third-order valence-corrected chi connectivity index (χ3v) is 3.32. The van der Waals surface area contributed by atoms with Gasteiger partial charge in [-0.2, -0.15) is 0 Å². The Labute approximate surface area is 115 Å². The van der Waals surface area contributed by atoms with Crippen LogP contribution in [0.4, 0.5) is 0 Å². The minimum Gasteiger partial charge on any atom is -0.388 e. The van der Waals surface area contributed by atoms with Crippen molar-refractivity contribution in [2.75, 3.05) is 0 Å². The summed E-state index contributed by atoms with van der Waals surface area (Å²) >= 11 is 0. The molecule has 1 atom stereocenters. The van der Waals surface area contributed by atoms with Crippen molar-refractivity contribution < 1.29 is 5.11 Å². The first-order chi connectivity index (χ1) is 8.97. The number of aliphatic hydroxyl groups is 1. The summed E-state index contributed by atoms with van der Waals surface area (Å²) in [4.78, 5) is 4.03. The van der Waals surface area contributed by atoms with Gasteiger partial charge in [-0.05, 0) is 28.2 Å². The van der Waals surface area contributed by atoms with Crippen molar-refractivity contribution >= 4 is 0 Å². The van der Waals surface area contributed by atoms with Crippen molar-refractivity contribution in [3.63, 3.8) is 0 Å². The lowest BCUT2D eigenvalue weighted by Gasteiger charge is -2.19. The van der Waals surface area contributed by atoms with Gasteiger partial charge in [0.25, 0.3) is 0 Å². The van der Waals surface area contributed by atoms with E-state index in [1.807, 2.05) is 12.1 Å². The Morgan fingerprint density at radius 1 is 1.11 bits per heavy atom. The van der Waals surface area contributed by atoms with Gasteiger partial charge in [0.2, 0.25) is 0 Å². The molecule has 1 N–H and O–H groups in total. The van der Waals surface area contributed by atoms with Crippen molar-refractivity contribution in [1.29, 1.82) is 0 Å². The van der Waals surface area contributed by atoms with E-state index in [-0.39, 0.29) is 5.41 Å². The molecule has 1 aromatic heterocycles. The van der Waals surface area contributed by atoms with Gasteiger partial charge in [0.05, 0.1) is 6.10 Å². The van der Waals surface area contributed by atoms with E-state index in [4.69, 9.17) is 0 Å². The van der Waals surface area contributed by atoms with Crippen LogP contribution >= 0.6 is 0 Å². The average Bonchev–Trinajstić information content (AvgIpc) is 2.39. The predicted octanol–water partition coefficient (Wildman–Crippen LogP) is 3.66. The van der Waals surface area contributed by atoms with Gasteiger partial charge in [-0.25, -0.2) is 0 Å². The Morgan fingerprint density at radius 3 is 2.32 bits per heavy atom. The zero-order chi connectivity index (χ0) is 13.9. The second-order valence-electron chi connectivity index (χ2n) is 5.95. The molecular formula is C17H21NO. The molecule has 1 aromatic carbocycles. The van der Waals surface area contributed by atoms with Gasteiger partial charge < -0.3 is 5.11 Å². The maximum atomic E-state index is 10.2. The van der Waals surface area contributed by atoms with Gasteiger partial charge >= 0.3 is 0 Å². The summed E-state index contributed by atoms with van der Waals surface area (Å²) in [6.45, 7) is 6.60. The van der Waals surface area contributed by atoms with Crippen LogP contribution in [0.3, 0.4) is 0 Å². The van der Waals surface area contributed by atoms with Crippen LogP contribution in [0.25, 0.3) is 0 Å². The molecule has 2 heteroatoms. The minimum absolute atomic E-state index is 0.167. The predicted molar refractivity (Wildman–Crippen MR) is 78.0 cm³/mol. The van der Waals surface area contributed by atoms with Gasteiger partial charge in [-0.1, -0.05) is 51.1 Å². The van der Waals surface area contributed by atoms with Crippen LogP contribution in [0.1, 0.15) is 43.6 Å². The quantitative estimate of drug-likeness (QED) is 0.908. The zero-order valence-electron chi connectivity index (χ0n) is 11.8. The number of aromatic nitrogens is 1. The lowest BCUT2D eigenvalue weighted by atomic mass is 9.86. The van der Waals surface area contributed by atoms with Crippen LogP contribution in [0.15, 0.2) is 48.8 Å². The third-order valence-electron chi connectivity index (χ3n) is 3.32. The zero-order valence-corrected chi connectivity index (χ0v) is 11.8. The highest BCUT2D eigenvalue weighted by atomic mass is 16.3. The summed E-state index contributed by atoms with van der Waals surface area (Å²) < 4.78 is 0. The van der Waals surface area contributed by atoms with Gasteiger partial charge in [0.15, 0.2) is 0 Å². The maximum Gasteiger partial charge on any atom is 0.0845 e. The highest BCUT2D eigenvalue weighted by Gasteiger charge is 2.14. The van der Waals surface area contributed by atoms with E-state index in [2.05, 4.69) is 50.0 Å². The van der Waals surface area contributed by atoms with Crippen molar-refractivity contribution in [1.82, 2.24) is 4.98 Å². The number of benzene rings is 1. The van der Waals surface area contributed by atoms with Crippen molar-refractivity contribution in [3.05, 3.63) is 65.5 Å². The lowest BCUT2D eigenvalue weighted by Crippen LogP contribution is -2.11. The molecule has 0 aliphatic carbocycles. The Hall–Kier alpha value is -1.67. The van der Waals surface area contributed by atoms with E-state index >= 15 is 0 Å². The molecule has 19 heavy (non-hydrogen) atoms. The van der Waals surface area contributed by atoms with Gasteiger partial charge in [-0.15, -0.1) is 0 Å². The standard InChI is InChI=1S/C17H21NO/c1-17(2,3)15-8-6-13(7-9-15)11-16(19)14-5-4-10-18-12-14/h4-10,12,16,19H,11H2,1-3H3. The molecule has 1 unspecified atom stereocenters. The Balaban J connectivity index is 2.08. The molecule has 2 aromatic rings. The monoisotopic (exact) mass is 255 g/mol. The molecular weight excluding hydrogens is 234 g/mol. The summed E-state index contributed by atoms with van der Waals surface area (Å²) in [5, 5.41) is 10.2. The molecule has 0 aliphatic rings. The second kappa shape index (κ2) is 5.54. The molecule has 2 rings (SSSR count). The minimum atomic E-state index is -0.491. The number of aliphatic hydroxyl groups excluding tert-OH is 1. The van der Waals surface area contributed by atoms with E-state index in [1.54, 1.807) is 12.4 Å². The largest absolute Gasteiger partial charge is 0.388 e. The number of rotatable bonds is 3. The molecule has 1 heterocycles. The fourth-order valence-corrected chi connectivity index (χ4v) is 2.06. The summed E-state index contributed by atoms with van der Waals surface area (Å²) in [7, 11) is 0. The van der Waals surface area contributed by atoms with Crippen LogP contribution in [0.5, 0.6) is 0 Å². The number of hydrogen-bond acceptors (Lipinski definition) is 2. The molecule has 0 spiro atoms. The molecule has 0 amide bonds. The SMILES string of the molecule is CC(C)(C)c1ccc(CC(O)c2cccnc2)cc1. The molecule has 100 valence electrons. The van der Waals surface area contributed by atoms with Gasteiger partial charge in [0.1, 0.15) is 0 Å². The Kier molecular flexibility index (Phi) is 4.01. The van der Waals surface area contributed by atoms with Crippen molar-refractivity contribution in [2.45, 2.75) is 38.7 Å². The van der Waals surface area contributed by atoms with Crippen molar-refractivity contribution in [3.8, 4) is 0 Å². The molecule has 0 radical (unpaired) electrons. The van der Waals surface area contributed by atoms with Crippen LogP contribution in [-0.4, -0.2) is 10.1 Å². The Bertz CT molecular complexity index is 511. The molecule has 0 aliphatic heterocycles. The third kappa shape index (κ3) is 3.65. The van der Waals surface area contributed by atoms with Crippen LogP contribution < -0.4 is 0 Å². The van der Waals surface area contributed by atoms with Crippen LogP contribution in [0.2, 0.25) is 0 Å². The second-order valence-corrected chi connectivity index (χ2v) is 5.95. The number of hydrogen-bond donors (Lipinski definition) is 1. The fraction of sp³-hybridized carbons (Fsp3) is 0.353. The van der Waals surface area contributed by atoms with Crippen LogP contribution in [-0.2, 0) is 11.8 Å². The highest BCUT2D eigenvalue weighted by Crippen LogP contribution is 2.24. The molecule has 0 fully saturated rings. The van der Waals surface area contributed by atoms with Crippen molar-refractivity contribution in [2.24, 2.45) is 0 Å². The van der Waals surface area contributed by atoms with E-state index in [0.29, 0.717) is 6.42 Å². The topological polar surface area (TPSA) is 33.1 Å². The van der Waals surface area contributed by atoms with E-state index in [1.165, 1.54) is 5.56 Å². The molecule has 0 bridgehead atoms. The molecule has 2 nitrogen and oxygen atoms in total. The lowest BCUT2D eigenvalue weighted by molar-refractivity contribution is 0.178. The maximum absolute atomic E-state index is 10.2. The summed E-state index contributed by atoms with van der Waals surface area (Å²) in [5.74, 6) is 0. The average molecular weight is 255 g/mol. The fourth-order valence-electron chi connectivity index (χ4n) is 2.06. The van der Waals surface area contributed by atoms with Gasteiger partial charge in [-0.3, -0.25) is 4.98 Å². The van der Waals surface area contributed by atoms with E-state index < -0.39 is 6.10 Å². The first-order valence-corrected chi connectivity index (χ1v) is 6.64. The normalized spacial score (nSPS) is 13.3. The number of pyridine rings is 1. The van der Waals surface area contributed by atoms with E-state index in [0.717, 1.165) is 11.1 Å². The summed E-state index contributed by atoms with van der Waals surface area (Å²) in [5.41, 5.74) is 3.49. The van der Waals surface area contributed by atoms with E-state index in [9.17, 15) is 5.11 Å². The summed E-state index contributed by atoms with van der Waals surface area (Å²) in [6.07, 6.45) is 3.56. The Morgan fingerprint density at radius 2 is 1.79 bits per heavy atom. The molecule has 0 saturated heterocycles. The van der Waals surface area contributed by atoms with Gasteiger partial charge in [0, 0.05) is 18.8 Å². The highest BCUT2D eigenvalue weighted by molar-refractivity contribution is 5.28. The molecule has 0 saturated carbocycles. The smallest absolute Gasteiger partial charge is 0.0845 e. The van der Waals surface area contributed by atoms with Crippen LogP contribution in [0, 0.1) is 0 Å². The first-order valence-electron chi connectivity index (χ1n) is 6.64. The summed E-state index contributed by atoms with van der Waals surface area (Å²) in [6, 6.07) is 12.2. The first kappa shape index (κ1) is 13.8.